The van der Waals surface area contributed by atoms with E-state index in [1.54, 1.807) is 18.7 Å². The van der Waals surface area contributed by atoms with Crippen molar-refractivity contribution < 1.29 is 19.5 Å². The van der Waals surface area contributed by atoms with Crippen molar-refractivity contribution in [2.45, 2.75) is 64.9 Å². The smallest absolute Gasteiger partial charge is 0.315 e. The van der Waals surface area contributed by atoms with Gasteiger partial charge in [-0.05, 0) is 78.3 Å². The molecule has 5 rings (SSSR count). The van der Waals surface area contributed by atoms with Crippen LogP contribution in [0, 0.1) is 0 Å². The van der Waals surface area contributed by atoms with Crippen LogP contribution in [0.15, 0.2) is 84.9 Å². The summed E-state index contributed by atoms with van der Waals surface area (Å²) in [6.45, 7) is 6.84. The molecule has 0 bridgehead atoms. The monoisotopic (exact) mass is 621 g/mol. The Morgan fingerprint density at radius 1 is 0.935 bits per heavy atom. The first-order valence-corrected chi connectivity index (χ1v) is 16.0. The summed E-state index contributed by atoms with van der Waals surface area (Å²) in [6.07, 6.45) is 0.529. The van der Waals surface area contributed by atoms with E-state index in [1.807, 2.05) is 79.7 Å². The minimum atomic E-state index is -0.696. The van der Waals surface area contributed by atoms with Crippen molar-refractivity contribution in [1.29, 1.82) is 0 Å². The maximum absolute atomic E-state index is 14.2. The molecular weight excluding hydrogens is 578 g/mol. The number of fused-ring (bicyclic) bond motifs is 3. The fourth-order valence-electron chi connectivity index (χ4n) is 5.92. The zero-order valence-electron chi connectivity index (χ0n) is 26.7. The molecule has 4 aromatic rings. The fraction of sp³-hybridized carbons (Fsp3) is 0.324. The summed E-state index contributed by atoms with van der Waals surface area (Å²) in [4.78, 5) is 41.1. The molecule has 5 N–H and O–H groups in total. The summed E-state index contributed by atoms with van der Waals surface area (Å²) < 4.78 is 0. The number of aryl methyl sites for hydroxylation is 1. The second-order valence-electron chi connectivity index (χ2n) is 11.9. The van der Waals surface area contributed by atoms with Crippen molar-refractivity contribution in [3.05, 3.63) is 102 Å². The second-order valence-corrected chi connectivity index (χ2v) is 11.9. The number of hydrogen-bond donors (Lipinski definition) is 5. The average molecular weight is 622 g/mol. The highest BCUT2D eigenvalue weighted by Gasteiger charge is 2.33. The van der Waals surface area contributed by atoms with E-state index in [2.05, 4.69) is 33.4 Å². The lowest BCUT2D eigenvalue weighted by Crippen LogP contribution is -2.53. The van der Waals surface area contributed by atoms with Crippen LogP contribution in [0.5, 0.6) is 0 Å². The minimum Gasteiger partial charge on any atom is -0.392 e. The van der Waals surface area contributed by atoms with Gasteiger partial charge < -0.3 is 31.3 Å². The Morgan fingerprint density at radius 3 is 2.43 bits per heavy atom. The van der Waals surface area contributed by atoms with E-state index in [9.17, 15) is 19.5 Å². The summed E-state index contributed by atoms with van der Waals surface area (Å²) in [5, 5.41) is 23.5. The van der Waals surface area contributed by atoms with Gasteiger partial charge in [-0.25, -0.2) is 4.79 Å². The molecule has 9 heteroatoms. The molecule has 0 saturated carbocycles. The zero-order valence-corrected chi connectivity index (χ0v) is 26.7. The minimum absolute atomic E-state index is 0.157. The molecule has 0 fully saturated rings. The molecule has 0 aromatic heterocycles. The lowest BCUT2D eigenvalue weighted by Gasteiger charge is -2.27. The predicted octanol–water partition coefficient (Wildman–Crippen LogP) is 4.65. The largest absolute Gasteiger partial charge is 0.392 e. The first-order chi connectivity index (χ1) is 22.2. The van der Waals surface area contributed by atoms with E-state index in [0.29, 0.717) is 32.5 Å². The number of carbonyl (C=O) groups excluding carboxylic acids is 3. The van der Waals surface area contributed by atoms with E-state index in [4.69, 9.17) is 0 Å². The summed E-state index contributed by atoms with van der Waals surface area (Å²) in [5.41, 5.74) is 5.93. The fourth-order valence-corrected chi connectivity index (χ4v) is 5.92. The molecule has 1 heterocycles. The van der Waals surface area contributed by atoms with Gasteiger partial charge in [0.2, 0.25) is 11.8 Å². The van der Waals surface area contributed by atoms with Crippen molar-refractivity contribution in [3.8, 4) is 11.1 Å². The topological polar surface area (TPSA) is 123 Å². The molecule has 1 aliphatic rings. The molecule has 3 atom stereocenters. The molecule has 4 amide bonds. The molecule has 0 spiro atoms. The van der Waals surface area contributed by atoms with Crippen molar-refractivity contribution in [2.24, 2.45) is 0 Å². The van der Waals surface area contributed by atoms with Gasteiger partial charge in [0.15, 0.2) is 0 Å². The van der Waals surface area contributed by atoms with Gasteiger partial charge >= 0.3 is 6.03 Å². The highest BCUT2D eigenvalue weighted by atomic mass is 16.3. The Morgan fingerprint density at radius 2 is 1.67 bits per heavy atom. The Balaban J connectivity index is 1.41. The van der Waals surface area contributed by atoms with Gasteiger partial charge in [0, 0.05) is 25.3 Å². The number of nitrogens with zero attached hydrogens (tertiary/aromatic N) is 1. The van der Waals surface area contributed by atoms with E-state index >= 15 is 0 Å². The van der Waals surface area contributed by atoms with Gasteiger partial charge in [-0.3, -0.25) is 9.59 Å². The van der Waals surface area contributed by atoms with E-state index < -0.39 is 18.2 Å². The van der Waals surface area contributed by atoms with Crippen LogP contribution < -0.4 is 26.2 Å². The Bertz CT molecular complexity index is 1690. The highest BCUT2D eigenvalue weighted by Crippen LogP contribution is 2.35. The number of aliphatic hydroxyl groups excluding tert-OH is 1. The van der Waals surface area contributed by atoms with Crippen LogP contribution in [0.25, 0.3) is 21.9 Å². The molecule has 1 aliphatic heterocycles. The number of carbonyl (C=O) groups is 3. The van der Waals surface area contributed by atoms with Crippen LogP contribution in [-0.4, -0.2) is 54.2 Å². The summed E-state index contributed by atoms with van der Waals surface area (Å²) in [6, 6.07) is 26.9. The van der Waals surface area contributed by atoms with Crippen LogP contribution in [0.1, 0.15) is 43.9 Å². The first-order valence-electron chi connectivity index (χ1n) is 16.0. The maximum atomic E-state index is 14.2. The second kappa shape index (κ2) is 15.0. The van der Waals surface area contributed by atoms with Crippen LogP contribution >= 0.6 is 0 Å². The highest BCUT2D eigenvalue weighted by molar-refractivity contribution is 6.03. The third-order valence-electron chi connectivity index (χ3n) is 8.38. The van der Waals surface area contributed by atoms with Crippen molar-refractivity contribution >= 4 is 34.3 Å². The van der Waals surface area contributed by atoms with Crippen LogP contribution in [0.4, 0.5) is 10.5 Å². The molecule has 240 valence electrons. The normalized spacial score (nSPS) is 15.9. The van der Waals surface area contributed by atoms with E-state index in [0.717, 1.165) is 44.3 Å². The number of aliphatic hydroxyl groups is 1. The lowest BCUT2D eigenvalue weighted by molar-refractivity contribution is -0.128. The Hall–Kier alpha value is -4.73. The van der Waals surface area contributed by atoms with Crippen molar-refractivity contribution in [2.75, 3.05) is 18.0 Å². The van der Waals surface area contributed by atoms with Crippen molar-refractivity contribution in [3.63, 3.8) is 0 Å². The standard InChI is InChI=1S/C37H43N5O4/c1-4-38-37(46)40-22-29-10-6-7-11-30(29)28-15-13-26(14-16-28)23-42-34-20-17-27-9-5-8-12-31(27)32(34)18-19-33(36(42)45)41-35(44)25(3)39-21-24(2)43/h5-17,20,24-25,33,39,43H,4,18-19,21-23H2,1-3H3,(H,41,44)(H2,38,40,46)/t24-,25-,33+/m0/s1. The van der Waals surface area contributed by atoms with Gasteiger partial charge in [-0.15, -0.1) is 0 Å². The summed E-state index contributed by atoms with van der Waals surface area (Å²) >= 11 is 0. The van der Waals surface area contributed by atoms with Crippen LogP contribution in [0.2, 0.25) is 0 Å². The van der Waals surface area contributed by atoms with Crippen LogP contribution in [0.3, 0.4) is 0 Å². The number of urea groups is 1. The van der Waals surface area contributed by atoms with Crippen LogP contribution in [-0.2, 0) is 29.1 Å². The molecule has 46 heavy (non-hydrogen) atoms. The number of nitrogens with one attached hydrogen (secondary N) is 4. The number of benzene rings is 4. The third-order valence-corrected chi connectivity index (χ3v) is 8.38. The zero-order chi connectivity index (χ0) is 32.6. The third kappa shape index (κ3) is 7.73. The maximum Gasteiger partial charge on any atom is 0.315 e. The summed E-state index contributed by atoms with van der Waals surface area (Å²) in [5.74, 6) is -0.435. The molecular formula is C37H43N5O4. The van der Waals surface area contributed by atoms with Gasteiger partial charge in [-0.2, -0.15) is 0 Å². The lowest BCUT2D eigenvalue weighted by atomic mass is 9.97. The van der Waals surface area contributed by atoms with E-state index in [1.165, 1.54) is 0 Å². The SMILES string of the molecule is CCNC(=O)NCc1ccccc1-c1ccc(CN2C(=O)[C@H](NC(=O)[C@H](C)NC[C@H](C)O)CCc3c2ccc2ccccc32)cc1. The van der Waals surface area contributed by atoms with Gasteiger partial charge in [-0.1, -0.05) is 78.9 Å². The molecule has 9 nitrogen and oxygen atoms in total. The van der Waals surface area contributed by atoms with Gasteiger partial charge in [0.25, 0.3) is 0 Å². The molecule has 4 aromatic carbocycles. The molecule has 0 unspecified atom stereocenters. The van der Waals surface area contributed by atoms with E-state index in [-0.39, 0.29) is 24.4 Å². The van der Waals surface area contributed by atoms with Gasteiger partial charge in [0.05, 0.1) is 18.7 Å². The average Bonchev–Trinajstić information content (AvgIpc) is 3.19. The quantitative estimate of drug-likeness (QED) is 0.167. The molecule has 0 radical (unpaired) electrons. The Labute approximate surface area is 270 Å². The number of amides is 4. The first kappa shape index (κ1) is 32.7. The van der Waals surface area contributed by atoms with Gasteiger partial charge in [0.1, 0.15) is 6.04 Å². The molecule has 0 saturated heterocycles. The Kier molecular flexibility index (Phi) is 10.7. The number of rotatable bonds is 11. The van der Waals surface area contributed by atoms with Crippen molar-refractivity contribution in [1.82, 2.24) is 21.3 Å². The summed E-state index contributed by atoms with van der Waals surface area (Å²) in [7, 11) is 0. The number of hydrogen-bond acceptors (Lipinski definition) is 5. The number of anilines is 1. The predicted molar refractivity (Wildman–Crippen MR) is 182 cm³/mol. The molecule has 0 aliphatic carbocycles.